The van der Waals surface area contributed by atoms with E-state index in [0.29, 0.717) is 18.6 Å². The SMILES string of the molecule is COC(=O)C(C)(N)CN1CC2CCCN2CC1C. The summed E-state index contributed by atoms with van der Waals surface area (Å²) in [5.74, 6) is -0.330. The molecule has 0 bridgehead atoms. The number of ether oxygens (including phenoxy) is 1. The maximum absolute atomic E-state index is 11.7. The number of fused-ring (bicyclic) bond motifs is 1. The summed E-state index contributed by atoms with van der Waals surface area (Å²) < 4.78 is 4.78. The second kappa shape index (κ2) is 5.15. The van der Waals surface area contributed by atoms with Crippen LogP contribution in [-0.4, -0.2) is 66.7 Å². The van der Waals surface area contributed by atoms with E-state index >= 15 is 0 Å². The first-order valence-electron chi connectivity index (χ1n) is 6.79. The van der Waals surface area contributed by atoms with Crippen LogP contribution in [0.5, 0.6) is 0 Å². The molecule has 0 aromatic carbocycles. The van der Waals surface area contributed by atoms with E-state index in [9.17, 15) is 4.79 Å². The average Bonchev–Trinajstić information content (AvgIpc) is 2.75. The molecule has 5 heteroatoms. The molecule has 2 saturated heterocycles. The Kier molecular flexibility index (Phi) is 3.94. The molecule has 2 rings (SSSR count). The van der Waals surface area contributed by atoms with Crippen molar-refractivity contribution >= 4 is 5.97 Å². The first kappa shape index (κ1) is 13.8. The summed E-state index contributed by atoms with van der Waals surface area (Å²) in [5.41, 5.74) is 5.16. The van der Waals surface area contributed by atoms with Crippen molar-refractivity contribution in [3.05, 3.63) is 0 Å². The number of methoxy groups -OCH3 is 1. The number of piperazine rings is 1. The minimum absolute atomic E-state index is 0.330. The molecule has 3 atom stereocenters. The van der Waals surface area contributed by atoms with E-state index in [0.717, 1.165) is 13.1 Å². The molecule has 5 nitrogen and oxygen atoms in total. The lowest BCUT2D eigenvalue weighted by molar-refractivity contribution is -0.147. The molecule has 0 amide bonds. The van der Waals surface area contributed by atoms with Crippen LogP contribution >= 0.6 is 0 Å². The number of carbonyl (C=O) groups excluding carboxylic acids is 1. The fraction of sp³-hybridized carbons (Fsp3) is 0.923. The van der Waals surface area contributed by atoms with Gasteiger partial charge in [0.05, 0.1) is 7.11 Å². The third kappa shape index (κ3) is 2.68. The minimum atomic E-state index is -0.913. The molecule has 0 aromatic rings. The summed E-state index contributed by atoms with van der Waals surface area (Å²) in [6.07, 6.45) is 2.56. The number of hydrogen-bond acceptors (Lipinski definition) is 5. The molecule has 0 aromatic heterocycles. The Hall–Kier alpha value is -0.650. The van der Waals surface area contributed by atoms with Gasteiger partial charge in [0.2, 0.25) is 0 Å². The normalized spacial score (nSPS) is 32.9. The first-order valence-corrected chi connectivity index (χ1v) is 6.79. The molecule has 2 N–H and O–H groups in total. The number of nitrogens with zero attached hydrogens (tertiary/aromatic N) is 2. The molecule has 18 heavy (non-hydrogen) atoms. The Morgan fingerprint density at radius 3 is 2.89 bits per heavy atom. The van der Waals surface area contributed by atoms with Crippen molar-refractivity contribution in [2.24, 2.45) is 5.73 Å². The zero-order chi connectivity index (χ0) is 13.3. The van der Waals surface area contributed by atoms with Crippen LogP contribution in [-0.2, 0) is 9.53 Å². The van der Waals surface area contributed by atoms with Crippen LogP contribution in [0.4, 0.5) is 0 Å². The summed E-state index contributed by atoms with van der Waals surface area (Å²) in [6.45, 7) is 7.87. The van der Waals surface area contributed by atoms with E-state index in [1.54, 1.807) is 6.92 Å². The minimum Gasteiger partial charge on any atom is -0.468 e. The summed E-state index contributed by atoms with van der Waals surface area (Å²) in [4.78, 5) is 16.6. The van der Waals surface area contributed by atoms with Gasteiger partial charge < -0.3 is 10.5 Å². The number of rotatable bonds is 3. The fourth-order valence-electron chi connectivity index (χ4n) is 3.19. The number of hydrogen-bond donors (Lipinski definition) is 1. The van der Waals surface area contributed by atoms with E-state index in [4.69, 9.17) is 10.5 Å². The van der Waals surface area contributed by atoms with Crippen LogP contribution in [0.3, 0.4) is 0 Å². The van der Waals surface area contributed by atoms with Gasteiger partial charge >= 0.3 is 5.97 Å². The monoisotopic (exact) mass is 255 g/mol. The molecule has 2 fully saturated rings. The van der Waals surface area contributed by atoms with Crippen molar-refractivity contribution in [2.45, 2.75) is 44.3 Å². The topological polar surface area (TPSA) is 58.8 Å². The molecular weight excluding hydrogens is 230 g/mol. The fourth-order valence-corrected chi connectivity index (χ4v) is 3.19. The molecule has 2 aliphatic heterocycles. The lowest BCUT2D eigenvalue weighted by Crippen LogP contribution is -2.62. The van der Waals surface area contributed by atoms with Gasteiger partial charge in [-0.05, 0) is 33.2 Å². The summed E-state index contributed by atoms with van der Waals surface area (Å²) >= 11 is 0. The lowest BCUT2D eigenvalue weighted by Gasteiger charge is -2.44. The van der Waals surface area contributed by atoms with Crippen LogP contribution in [0, 0.1) is 0 Å². The summed E-state index contributed by atoms with van der Waals surface area (Å²) in [5, 5.41) is 0. The highest BCUT2D eigenvalue weighted by Crippen LogP contribution is 2.25. The highest BCUT2D eigenvalue weighted by atomic mass is 16.5. The van der Waals surface area contributed by atoms with Gasteiger partial charge in [0.15, 0.2) is 0 Å². The smallest absolute Gasteiger partial charge is 0.326 e. The standard InChI is InChI=1S/C13H25N3O2/c1-10-7-15-6-4-5-11(15)8-16(10)9-13(2,14)12(17)18-3/h10-11H,4-9,14H2,1-3H3. The zero-order valence-electron chi connectivity index (χ0n) is 11.7. The van der Waals surface area contributed by atoms with Crippen LogP contribution in [0.2, 0.25) is 0 Å². The molecule has 104 valence electrons. The number of esters is 1. The maximum atomic E-state index is 11.7. The molecule has 2 heterocycles. The Balaban J connectivity index is 1.98. The quantitative estimate of drug-likeness (QED) is 0.722. The first-order chi connectivity index (χ1) is 8.44. The van der Waals surface area contributed by atoms with Crippen LogP contribution in [0.1, 0.15) is 26.7 Å². The van der Waals surface area contributed by atoms with Gasteiger partial charge in [-0.1, -0.05) is 0 Å². The highest BCUT2D eigenvalue weighted by Gasteiger charge is 2.39. The van der Waals surface area contributed by atoms with Gasteiger partial charge in [-0.3, -0.25) is 14.6 Å². The van der Waals surface area contributed by atoms with E-state index < -0.39 is 5.54 Å². The third-order valence-corrected chi connectivity index (χ3v) is 4.25. The van der Waals surface area contributed by atoms with Crippen LogP contribution < -0.4 is 5.73 Å². The van der Waals surface area contributed by atoms with E-state index in [1.807, 2.05) is 0 Å². The molecule has 0 spiro atoms. The van der Waals surface area contributed by atoms with Gasteiger partial charge in [0, 0.05) is 31.7 Å². The van der Waals surface area contributed by atoms with Crippen molar-refractivity contribution in [3.8, 4) is 0 Å². The van der Waals surface area contributed by atoms with Crippen LogP contribution in [0.25, 0.3) is 0 Å². The molecule has 3 unspecified atom stereocenters. The average molecular weight is 255 g/mol. The molecule has 0 aliphatic carbocycles. The van der Waals surface area contributed by atoms with Gasteiger partial charge in [-0.2, -0.15) is 0 Å². The van der Waals surface area contributed by atoms with E-state index in [2.05, 4.69) is 16.7 Å². The molecular formula is C13H25N3O2. The highest BCUT2D eigenvalue weighted by molar-refractivity contribution is 5.80. The maximum Gasteiger partial charge on any atom is 0.326 e. The Bertz CT molecular complexity index is 319. The predicted octanol–water partition coefficient (Wildman–Crippen LogP) is 0.0453. The van der Waals surface area contributed by atoms with Crippen LogP contribution in [0.15, 0.2) is 0 Å². The summed E-state index contributed by atoms with van der Waals surface area (Å²) in [6, 6.07) is 1.10. The Morgan fingerprint density at radius 2 is 2.22 bits per heavy atom. The van der Waals surface area contributed by atoms with E-state index in [1.165, 1.54) is 26.5 Å². The predicted molar refractivity (Wildman–Crippen MR) is 70.2 cm³/mol. The van der Waals surface area contributed by atoms with E-state index in [-0.39, 0.29) is 5.97 Å². The Labute approximate surface area is 109 Å². The zero-order valence-corrected chi connectivity index (χ0v) is 11.7. The largest absolute Gasteiger partial charge is 0.468 e. The molecule has 2 aliphatic rings. The third-order valence-electron chi connectivity index (χ3n) is 4.25. The second-order valence-corrected chi connectivity index (χ2v) is 5.98. The van der Waals surface area contributed by atoms with Gasteiger partial charge in [-0.15, -0.1) is 0 Å². The summed E-state index contributed by atoms with van der Waals surface area (Å²) in [7, 11) is 1.39. The molecule has 0 radical (unpaired) electrons. The van der Waals surface area contributed by atoms with Crippen molar-refractivity contribution in [1.29, 1.82) is 0 Å². The second-order valence-electron chi connectivity index (χ2n) is 5.98. The lowest BCUT2D eigenvalue weighted by atomic mass is 10.00. The molecule has 0 saturated carbocycles. The number of carbonyl (C=O) groups is 1. The van der Waals surface area contributed by atoms with Crippen molar-refractivity contribution in [2.75, 3.05) is 33.3 Å². The van der Waals surface area contributed by atoms with Gasteiger partial charge in [0.1, 0.15) is 5.54 Å². The van der Waals surface area contributed by atoms with Gasteiger partial charge in [-0.25, -0.2) is 0 Å². The van der Waals surface area contributed by atoms with Crippen molar-refractivity contribution in [1.82, 2.24) is 9.80 Å². The van der Waals surface area contributed by atoms with Gasteiger partial charge in [0.25, 0.3) is 0 Å². The Morgan fingerprint density at radius 1 is 1.50 bits per heavy atom. The van der Waals surface area contributed by atoms with Crippen molar-refractivity contribution in [3.63, 3.8) is 0 Å². The number of nitrogens with two attached hydrogens (primary N) is 1. The van der Waals surface area contributed by atoms with Crippen molar-refractivity contribution < 1.29 is 9.53 Å².